The van der Waals surface area contributed by atoms with E-state index in [0.29, 0.717) is 18.0 Å². The van der Waals surface area contributed by atoms with E-state index in [1.807, 2.05) is 0 Å². The lowest BCUT2D eigenvalue weighted by atomic mass is 10.3. The highest BCUT2D eigenvalue weighted by atomic mass is 32.2. The summed E-state index contributed by atoms with van der Waals surface area (Å²) in [5.74, 6) is -0.201. The van der Waals surface area contributed by atoms with Crippen LogP contribution in [-0.4, -0.2) is 26.0 Å². The van der Waals surface area contributed by atoms with Crippen LogP contribution in [0.15, 0.2) is 29.2 Å². The highest BCUT2D eigenvalue weighted by Crippen LogP contribution is 2.14. The fraction of sp³-hybridized carbons (Fsp3) is 0.250. The molecule has 0 aliphatic rings. The number of benzene rings is 1. The summed E-state index contributed by atoms with van der Waals surface area (Å²) in [6, 6.07) is 5.89. The van der Waals surface area contributed by atoms with Gasteiger partial charge < -0.3 is 5.73 Å². The van der Waals surface area contributed by atoms with Crippen molar-refractivity contribution in [1.82, 2.24) is 0 Å². The summed E-state index contributed by atoms with van der Waals surface area (Å²) >= 11 is 0.318. The van der Waals surface area contributed by atoms with E-state index in [1.54, 1.807) is 0 Å². The number of anilines is 1. The van der Waals surface area contributed by atoms with Crippen molar-refractivity contribution in [2.75, 3.05) is 18.1 Å². The Labute approximate surface area is 97.6 Å². The van der Waals surface area contributed by atoms with E-state index < -0.39 is 9.84 Å². The van der Waals surface area contributed by atoms with Crippen molar-refractivity contribution < 1.29 is 22.2 Å². The Kier molecular flexibility index (Phi) is 5.03. The third-order valence-corrected chi connectivity index (χ3v) is 3.77. The van der Waals surface area contributed by atoms with Crippen LogP contribution in [0, 0.1) is 0 Å². The van der Waals surface area contributed by atoms with E-state index in [0.717, 1.165) is 0 Å². The molecule has 0 unspecified atom stereocenters. The number of rotatable bonds is 6. The summed E-state index contributed by atoms with van der Waals surface area (Å²) in [7, 11) is -3.39. The van der Waals surface area contributed by atoms with Crippen molar-refractivity contribution in [3.05, 3.63) is 24.3 Å². The average Bonchev–Trinajstić information content (AvgIpc) is 2.25. The van der Waals surface area contributed by atoms with Crippen LogP contribution < -0.4 is 5.73 Å². The summed E-state index contributed by atoms with van der Waals surface area (Å²) in [5.41, 5.74) is 5.94. The molecule has 16 heavy (non-hydrogen) atoms. The van der Waals surface area contributed by atoms with Crippen molar-refractivity contribution in [3.8, 4) is 0 Å². The number of nitrogen functional groups attached to an aromatic ring is 1. The summed E-state index contributed by atoms with van der Waals surface area (Å²) in [4.78, 5) is 0.181. The maximum atomic E-state index is 11.7. The number of hydrogen-bond donors (Lipinski definition) is 2. The van der Waals surface area contributed by atoms with Gasteiger partial charge in [-0.3, -0.25) is 4.18 Å². The molecule has 0 spiro atoms. The second-order valence-electron chi connectivity index (χ2n) is 2.85. The molecule has 0 heterocycles. The fourth-order valence-corrected chi connectivity index (χ4v) is 2.38. The van der Waals surface area contributed by atoms with Gasteiger partial charge in [-0.2, -0.15) is 0 Å². The van der Waals surface area contributed by atoms with Crippen LogP contribution in [0.3, 0.4) is 0 Å². The lowest BCUT2D eigenvalue weighted by molar-refractivity contribution is -0.124. The zero-order valence-corrected chi connectivity index (χ0v) is 9.83. The molecule has 0 radical (unpaired) electrons. The van der Waals surface area contributed by atoms with Crippen LogP contribution in [0.1, 0.15) is 0 Å². The third kappa shape index (κ3) is 3.99. The van der Waals surface area contributed by atoms with Crippen LogP contribution in [-0.2, 0) is 18.4 Å². The second-order valence-corrected chi connectivity index (χ2v) is 5.48. The zero-order chi connectivity index (χ0) is 12.0. The zero-order valence-electron chi connectivity index (χ0n) is 8.20. The Balaban J connectivity index is 2.60. The Hall–Kier alpha value is -0.800. The predicted molar refractivity (Wildman–Crippen MR) is 60.2 cm³/mol. The quantitative estimate of drug-likeness (QED) is 0.261. The van der Waals surface area contributed by atoms with Gasteiger partial charge in [0.2, 0.25) is 0 Å². The molecule has 0 aromatic heterocycles. The molecule has 8 heteroatoms. The standard InChI is InChI=1S/C8H11NO5S2/c9-7-1-3-8(4-2-7)16(11,12)6-5-13-15-14-10/h1-4,10H,5-6,9H2. The number of hydrogen-bond acceptors (Lipinski definition) is 7. The second kappa shape index (κ2) is 6.06. The van der Waals surface area contributed by atoms with Gasteiger partial charge in [0.25, 0.3) is 0 Å². The molecule has 0 fully saturated rings. The molecule has 0 aliphatic carbocycles. The van der Waals surface area contributed by atoms with Gasteiger partial charge in [-0.05, 0) is 24.3 Å². The van der Waals surface area contributed by atoms with Crippen molar-refractivity contribution in [1.29, 1.82) is 0 Å². The first kappa shape index (κ1) is 13.3. The van der Waals surface area contributed by atoms with E-state index in [-0.39, 0.29) is 17.3 Å². The van der Waals surface area contributed by atoms with Crippen LogP contribution in [0.4, 0.5) is 5.69 Å². The van der Waals surface area contributed by atoms with E-state index in [2.05, 4.69) is 8.52 Å². The Bertz CT molecular complexity index is 417. The smallest absolute Gasteiger partial charge is 0.194 e. The van der Waals surface area contributed by atoms with Crippen LogP contribution in [0.5, 0.6) is 0 Å². The maximum Gasteiger partial charge on any atom is 0.194 e. The van der Waals surface area contributed by atoms with Gasteiger partial charge in [0, 0.05) is 5.69 Å². The molecule has 1 aromatic rings. The normalized spacial score (nSPS) is 11.6. The van der Waals surface area contributed by atoms with E-state index >= 15 is 0 Å². The minimum Gasteiger partial charge on any atom is -0.399 e. The van der Waals surface area contributed by atoms with Crippen molar-refractivity contribution in [3.63, 3.8) is 0 Å². The minimum absolute atomic E-state index is 0.0854. The molecule has 0 amide bonds. The molecule has 0 saturated heterocycles. The predicted octanol–water partition coefficient (Wildman–Crippen LogP) is 1.11. The number of sulfone groups is 1. The molecule has 90 valence electrons. The molecule has 6 nitrogen and oxygen atoms in total. The molecular formula is C8H11NO5S2. The number of nitrogens with two attached hydrogens (primary N) is 1. The van der Waals surface area contributed by atoms with E-state index in [4.69, 9.17) is 11.0 Å². The summed E-state index contributed by atoms with van der Waals surface area (Å²) in [5, 5.41) is 7.92. The van der Waals surface area contributed by atoms with Crippen molar-refractivity contribution >= 4 is 27.8 Å². The molecule has 0 aliphatic heterocycles. The van der Waals surface area contributed by atoms with Crippen LogP contribution in [0.25, 0.3) is 0 Å². The minimum atomic E-state index is -3.39. The summed E-state index contributed by atoms with van der Waals surface area (Å²) < 4.78 is 31.5. The lowest BCUT2D eigenvalue weighted by Gasteiger charge is -2.04. The highest BCUT2D eigenvalue weighted by molar-refractivity contribution is 7.91. The van der Waals surface area contributed by atoms with Gasteiger partial charge in [0.05, 0.1) is 17.3 Å². The van der Waals surface area contributed by atoms with Crippen molar-refractivity contribution in [2.24, 2.45) is 0 Å². The van der Waals surface area contributed by atoms with Gasteiger partial charge in [-0.15, -0.1) is 4.33 Å². The first-order chi connectivity index (χ1) is 7.56. The fourth-order valence-electron chi connectivity index (χ4n) is 0.992. The SMILES string of the molecule is Nc1ccc(S(=O)(=O)CCOSOO)cc1. The van der Waals surface area contributed by atoms with E-state index in [1.165, 1.54) is 24.3 Å². The average molecular weight is 265 g/mol. The molecule has 0 saturated carbocycles. The Morgan fingerprint density at radius 1 is 1.31 bits per heavy atom. The molecule has 1 rings (SSSR count). The van der Waals surface area contributed by atoms with E-state index in [9.17, 15) is 8.42 Å². The first-order valence-electron chi connectivity index (χ1n) is 4.24. The Morgan fingerprint density at radius 3 is 2.50 bits per heavy atom. The summed E-state index contributed by atoms with van der Waals surface area (Å²) in [6.07, 6.45) is 0. The van der Waals surface area contributed by atoms with Gasteiger partial charge in [0.1, 0.15) is 0 Å². The Morgan fingerprint density at radius 2 is 1.94 bits per heavy atom. The lowest BCUT2D eigenvalue weighted by Crippen LogP contribution is -2.11. The summed E-state index contributed by atoms with van der Waals surface area (Å²) in [6.45, 7) is -0.0854. The third-order valence-electron chi connectivity index (χ3n) is 1.75. The van der Waals surface area contributed by atoms with Gasteiger partial charge >= 0.3 is 0 Å². The van der Waals surface area contributed by atoms with Crippen LogP contribution >= 0.6 is 12.3 Å². The highest BCUT2D eigenvalue weighted by Gasteiger charge is 2.13. The molecule has 0 bridgehead atoms. The van der Waals surface area contributed by atoms with Gasteiger partial charge in [-0.25, -0.2) is 13.7 Å². The molecule has 3 N–H and O–H groups in total. The van der Waals surface area contributed by atoms with Gasteiger partial charge in [-0.1, -0.05) is 0 Å². The maximum absolute atomic E-state index is 11.7. The molecular weight excluding hydrogens is 254 g/mol. The van der Waals surface area contributed by atoms with Gasteiger partial charge in [0.15, 0.2) is 22.2 Å². The largest absolute Gasteiger partial charge is 0.399 e. The first-order valence-corrected chi connectivity index (χ1v) is 6.56. The monoisotopic (exact) mass is 265 g/mol. The van der Waals surface area contributed by atoms with Crippen molar-refractivity contribution in [2.45, 2.75) is 4.90 Å². The molecule has 1 aromatic carbocycles. The molecule has 0 atom stereocenters. The van der Waals surface area contributed by atoms with Crippen LogP contribution in [0.2, 0.25) is 0 Å². The topological polar surface area (TPSA) is 98.9 Å².